The Labute approximate surface area is 140 Å². The van der Waals surface area contributed by atoms with Gasteiger partial charge >= 0.3 is 7.12 Å². The molecule has 0 radical (unpaired) electrons. The van der Waals surface area contributed by atoms with Gasteiger partial charge in [0, 0.05) is 0 Å². The molecule has 4 heteroatoms. The van der Waals surface area contributed by atoms with Crippen LogP contribution in [0.1, 0.15) is 53.5 Å². The summed E-state index contributed by atoms with van der Waals surface area (Å²) in [6.45, 7) is 11.8. The molecule has 1 saturated heterocycles. The highest BCUT2D eigenvalue weighted by molar-refractivity contribution is 6.53. The fraction of sp³-hybridized carbons (Fsp3) is 0.579. The van der Waals surface area contributed by atoms with Gasteiger partial charge in [0.25, 0.3) is 0 Å². The van der Waals surface area contributed by atoms with Crippen LogP contribution in [0.5, 0.6) is 0 Å². The molecule has 0 saturated carbocycles. The van der Waals surface area contributed by atoms with E-state index in [0.29, 0.717) is 0 Å². The van der Waals surface area contributed by atoms with Gasteiger partial charge in [0.2, 0.25) is 0 Å². The number of hydrogen-bond acceptors (Lipinski definition) is 2. The van der Waals surface area contributed by atoms with E-state index in [1.165, 1.54) is 5.56 Å². The first-order valence-electron chi connectivity index (χ1n) is 8.30. The Hall–Kier alpha value is -1.13. The normalized spacial score (nSPS) is 20.8. The number of halogens is 1. The van der Waals surface area contributed by atoms with Gasteiger partial charge in [0.1, 0.15) is 5.73 Å². The van der Waals surface area contributed by atoms with Crippen LogP contribution in [-0.4, -0.2) is 18.3 Å². The van der Waals surface area contributed by atoms with Gasteiger partial charge in [0.05, 0.1) is 11.2 Å². The molecular formula is C19H28BFO2. The van der Waals surface area contributed by atoms with Crippen LogP contribution in [0, 0.1) is 5.41 Å². The molecule has 0 bridgehead atoms. The largest absolute Gasteiger partial charge is 0.524 e. The fourth-order valence-electron chi connectivity index (χ4n) is 2.58. The van der Waals surface area contributed by atoms with Crippen LogP contribution < -0.4 is 0 Å². The number of allylic oxidation sites excluding steroid dienone is 1. The Morgan fingerprint density at radius 3 is 2.13 bits per heavy atom. The van der Waals surface area contributed by atoms with E-state index in [1.54, 1.807) is 6.08 Å². The SMILES string of the molecule is CC(C)(C=C(F)B1OC(C)(C)C(C)(C)O1)CCc1ccccc1. The molecular weight excluding hydrogens is 290 g/mol. The summed E-state index contributed by atoms with van der Waals surface area (Å²) in [5.74, 6) is 0. The number of benzene rings is 1. The van der Waals surface area contributed by atoms with Gasteiger partial charge < -0.3 is 9.31 Å². The summed E-state index contributed by atoms with van der Waals surface area (Å²) in [5.41, 5.74) is -0.357. The van der Waals surface area contributed by atoms with E-state index in [0.717, 1.165) is 12.8 Å². The molecule has 1 fully saturated rings. The molecule has 1 aliphatic rings. The van der Waals surface area contributed by atoms with Crippen molar-refractivity contribution in [2.45, 2.75) is 65.6 Å². The number of hydrogen-bond donors (Lipinski definition) is 0. The summed E-state index contributed by atoms with van der Waals surface area (Å²) in [5, 5.41) is 0. The molecule has 0 aromatic heterocycles. The molecule has 23 heavy (non-hydrogen) atoms. The van der Waals surface area contributed by atoms with Gasteiger partial charge in [-0.1, -0.05) is 50.3 Å². The first-order valence-corrected chi connectivity index (χ1v) is 8.30. The zero-order valence-electron chi connectivity index (χ0n) is 15.2. The highest BCUT2D eigenvalue weighted by Gasteiger charge is 2.53. The highest BCUT2D eigenvalue weighted by atomic mass is 19.1. The minimum absolute atomic E-state index is 0.260. The van der Waals surface area contributed by atoms with Crippen LogP contribution in [0.25, 0.3) is 0 Å². The van der Waals surface area contributed by atoms with Crippen LogP contribution in [0.3, 0.4) is 0 Å². The van der Waals surface area contributed by atoms with Crippen LogP contribution in [0.15, 0.2) is 42.1 Å². The average molecular weight is 318 g/mol. The zero-order chi connectivity index (χ0) is 17.3. The number of rotatable bonds is 5. The van der Waals surface area contributed by atoms with Crippen LogP contribution >= 0.6 is 0 Å². The van der Waals surface area contributed by atoms with Crippen LogP contribution in [0.2, 0.25) is 0 Å². The maximum atomic E-state index is 14.6. The van der Waals surface area contributed by atoms with Crippen molar-refractivity contribution in [3.63, 3.8) is 0 Å². The lowest BCUT2D eigenvalue weighted by molar-refractivity contribution is 0.00578. The third kappa shape index (κ3) is 4.45. The molecule has 0 N–H and O–H groups in total. The summed E-state index contributed by atoms with van der Waals surface area (Å²) in [6, 6.07) is 10.3. The van der Waals surface area contributed by atoms with E-state index in [9.17, 15) is 4.39 Å². The number of aryl methyl sites for hydroxylation is 1. The smallest absolute Gasteiger partial charge is 0.398 e. The molecule has 0 aliphatic carbocycles. The first kappa shape index (κ1) is 18.2. The molecule has 0 amide bonds. The lowest BCUT2D eigenvalue weighted by Gasteiger charge is -2.32. The third-order valence-electron chi connectivity index (χ3n) is 4.91. The predicted octanol–water partition coefficient (Wildman–Crippen LogP) is 5.13. The van der Waals surface area contributed by atoms with Crippen molar-refractivity contribution in [1.29, 1.82) is 0 Å². The fourth-order valence-corrected chi connectivity index (χ4v) is 2.58. The van der Waals surface area contributed by atoms with Crippen molar-refractivity contribution in [2.24, 2.45) is 5.41 Å². The quantitative estimate of drug-likeness (QED) is 0.701. The molecule has 0 atom stereocenters. The molecule has 1 aromatic carbocycles. The monoisotopic (exact) mass is 318 g/mol. The van der Waals surface area contributed by atoms with Gasteiger partial charge in [-0.3, -0.25) is 0 Å². The summed E-state index contributed by atoms with van der Waals surface area (Å²) in [7, 11) is -0.906. The molecule has 0 unspecified atom stereocenters. The molecule has 1 aliphatic heterocycles. The highest BCUT2D eigenvalue weighted by Crippen LogP contribution is 2.39. The van der Waals surface area contributed by atoms with Crippen molar-refractivity contribution in [1.82, 2.24) is 0 Å². The van der Waals surface area contributed by atoms with E-state index < -0.39 is 18.3 Å². The molecule has 2 rings (SSSR count). The predicted molar refractivity (Wildman–Crippen MR) is 93.8 cm³/mol. The maximum absolute atomic E-state index is 14.6. The standard InChI is InChI=1S/C19H28BFO2/c1-17(2,13-12-15-10-8-7-9-11-15)14-16(21)20-22-18(3,4)19(5,6)23-20/h7-11,14H,12-13H2,1-6H3. The van der Waals surface area contributed by atoms with E-state index in [-0.39, 0.29) is 11.1 Å². The van der Waals surface area contributed by atoms with Gasteiger partial charge in [0.15, 0.2) is 0 Å². The zero-order valence-corrected chi connectivity index (χ0v) is 15.2. The van der Waals surface area contributed by atoms with Crippen molar-refractivity contribution in [3.8, 4) is 0 Å². The third-order valence-corrected chi connectivity index (χ3v) is 4.91. The molecule has 126 valence electrons. The Kier molecular flexibility index (Phi) is 5.07. The Morgan fingerprint density at radius 1 is 1.09 bits per heavy atom. The summed E-state index contributed by atoms with van der Waals surface area (Å²) >= 11 is 0. The van der Waals surface area contributed by atoms with Crippen LogP contribution in [-0.2, 0) is 15.7 Å². The second-order valence-electron chi connectivity index (χ2n) is 8.09. The second kappa shape index (κ2) is 6.41. The minimum atomic E-state index is -0.906. The van der Waals surface area contributed by atoms with Crippen molar-refractivity contribution in [3.05, 3.63) is 47.7 Å². The van der Waals surface area contributed by atoms with Crippen molar-refractivity contribution < 1.29 is 13.7 Å². The van der Waals surface area contributed by atoms with Gasteiger partial charge in [-0.05, 0) is 51.5 Å². The van der Waals surface area contributed by atoms with Gasteiger partial charge in [-0.15, -0.1) is 0 Å². The first-order chi connectivity index (χ1) is 10.5. The lowest BCUT2D eigenvalue weighted by Crippen LogP contribution is -2.41. The Balaban J connectivity index is 2.02. The van der Waals surface area contributed by atoms with Crippen LogP contribution in [0.4, 0.5) is 4.39 Å². The van der Waals surface area contributed by atoms with Gasteiger partial charge in [-0.25, -0.2) is 4.39 Å². The maximum Gasteiger partial charge on any atom is 0.524 e. The molecule has 1 aromatic rings. The topological polar surface area (TPSA) is 18.5 Å². The van der Waals surface area contributed by atoms with Gasteiger partial charge in [-0.2, -0.15) is 0 Å². The average Bonchev–Trinajstić information content (AvgIpc) is 2.66. The van der Waals surface area contributed by atoms with Crippen molar-refractivity contribution >= 4 is 7.12 Å². The summed E-state index contributed by atoms with van der Waals surface area (Å²) in [6.07, 6.45) is 3.43. The Bertz CT molecular complexity index is 548. The molecule has 2 nitrogen and oxygen atoms in total. The minimum Gasteiger partial charge on any atom is -0.398 e. The Morgan fingerprint density at radius 2 is 1.61 bits per heavy atom. The summed E-state index contributed by atoms with van der Waals surface area (Å²) < 4.78 is 26.2. The van der Waals surface area contributed by atoms with E-state index in [2.05, 4.69) is 12.1 Å². The van der Waals surface area contributed by atoms with E-state index in [4.69, 9.17) is 9.31 Å². The summed E-state index contributed by atoms with van der Waals surface area (Å²) in [4.78, 5) is 0. The molecule has 0 spiro atoms. The molecule has 1 heterocycles. The van der Waals surface area contributed by atoms with E-state index in [1.807, 2.05) is 59.7 Å². The van der Waals surface area contributed by atoms with E-state index >= 15 is 0 Å². The lowest BCUT2D eigenvalue weighted by atomic mass is 9.79. The second-order valence-corrected chi connectivity index (χ2v) is 8.09. The van der Waals surface area contributed by atoms with Crippen molar-refractivity contribution in [2.75, 3.05) is 0 Å².